The Morgan fingerprint density at radius 2 is 2.08 bits per heavy atom. The average Bonchev–Trinajstić information content (AvgIpc) is 2.89. The van der Waals surface area contributed by atoms with Crippen molar-refractivity contribution < 1.29 is 4.74 Å². The number of methoxy groups -OCH3 is 1. The molecule has 1 aromatic heterocycles. The molecule has 0 saturated heterocycles. The van der Waals surface area contributed by atoms with Crippen molar-refractivity contribution in [3.05, 3.63) is 45.4 Å². The summed E-state index contributed by atoms with van der Waals surface area (Å²) in [5.74, 6) is 1.77. The first-order valence-corrected chi connectivity index (χ1v) is 8.83. The Hall–Kier alpha value is -2.08. The molecule has 6 heteroatoms. The zero-order valence-electron chi connectivity index (χ0n) is 15.1. The lowest BCUT2D eigenvalue weighted by molar-refractivity contribution is 0.396. The highest BCUT2D eigenvalue weighted by Gasteiger charge is 2.10. The van der Waals surface area contributed by atoms with Crippen molar-refractivity contribution in [3.63, 3.8) is 0 Å². The molecular weight excluding hydrogens is 320 g/mol. The van der Waals surface area contributed by atoms with Crippen molar-refractivity contribution in [2.45, 2.75) is 26.8 Å². The Kier molecular flexibility index (Phi) is 6.61. The van der Waals surface area contributed by atoms with Crippen LogP contribution < -0.4 is 10.1 Å². The van der Waals surface area contributed by atoms with Crippen LogP contribution in [0.1, 0.15) is 21.1 Å². The second-order valence-electron chi connectivity index (χ2n) is 5.63. The predicted molar refractivity (Wildman–Crippen MR) is 101 cm³/mol. The smallest absolute Gasteiger partial charge is 0.193 e. The topological polar surface area (TPSA) is 49.8 Å². The Balaban J connectivity index is 1.92. The monoisotopic (exact) mass is 346 g/mol. The molecule has 0 spiro atoms. The van der Waals surface area contributed by atoms with Gasteiger partial charge in [-0.3, -0.25) is 4.99 Å². The summed E-state index contributed by atoms with van der Waals surface area (Å²) < 4.78 is 5.42. The van der Waals surface area contributed by atoms with Gasteiger partial charge in [-0.25, -0.2) is 4.98 Å². The Labute approximate surface area is 148 Å². The van der Waals surface area contributed by atoms with E-state index in [0.717, 1.165) is 47.5 Å². The van der Waals surface area contributed by atoms with E-state index in [2.05, 4.69) is 40.1 Å². The minimum atomic E-state index is 0.738. The molecule has 0 aliphatic carbocycles. The van der Waals surface area contributed by atoms with E-state index in [9.17, 15) is 0 Å². The molecule has 0 amide bonds. The zero-order chi connectivity index (χ0) is 17.5. The van der Waals surface area contributed by atoms with E-state index in [1.54, 1.807) is 18.4 Å². The van der Waals surface area contributed by atoms with Gasteiger partial charge in [0.05, 0.1) is 17.8 Å². The number of guanidine groups is 1. The number of hydrogen-bond donors (Lipinski definition) is 1. The van der Waals surface area contributed by atoms with Crippen LogP contribution in [0.15, 0.2) is 29.3 Å². The SMILES string of the molecule is CN=C(NCCc1sc(C)nc1C)N(C)Cc1ccccc1OC. The summed E-state index contributed by atoms with van der Waals surface area (Å²) in [6, 6.07) is 8.06. The molecule has 1 heterocycles. The van der Waals surface area contributed by atoms with Crippen LogP contribution in [0.4, 0.5) is 0 Å². The molecule has 0 atom stereocenters. The van der Waals surface area contributed by atoms with Gasteiger partial charge in [0.15, 0.2) is 5.96 Å². The van der Waals surface area contributed by atoms with Crippen molar-refractivity contribution in [3.8, 4) is 5.75 Å². The van der Waals surface area contributed by atoms with Gasteiger partial charge in [0.2, 0.25) is 0 Å². The lowest BCUT2D eigenvalue weighted by atomic mass is 10.2. The number of nitrogens with zero attached hydrogens (tertiary/aromatic N) is 3. The van der Waals surface area contributed by atoms with Crippen LogP contribution >= 0.6 is 11.3 Å². The quantitative estimate of drug-likeness (QED) is 0.645. The van der Waals surface area contributed by atoms with E-state index in [4.69, 9.17) is 4.74 Å². The minimum absolute atomic E-state index is 0.738. The third-order valence-electron chi connectivity index (χ3n) is 3.81. The summed E-state index contributed by atoms with van der Waals surface area (Å²) in [6.45, 7) is 5.70. The Morgan fingerprint density at radius 1 is 1.33 bits per heavy atom. The third-order valence-corrected chi connectivity index (χ3v) is 4.94. The third kappa shape index (κ3) is 4.71. The molecule has 0 aliphatic heterocycles. The number of hydrogen-bond acceptors (Lipinski definition) is 4. The van der Waals surface area contributed by atoms with Crippen LogP contribution in [-0.4, -0.2) is 43.6 Å². The number of aliphatic imine (C=N–C) groups is 1. The molecule has 130 valence electrons. The fourth-order valence-corrected chi connectivity index (χ4v) is 3.58. The second kappa shape index (κ2) is 8.68. The molecule has 0 aliphatic rings. The van der Waals surface area contributed by atoms with Gasteiger partial charge in [0.1, 0.15) is 5.75 Å². The van der Waals surface area contributed by atoms with Crippen LogP contribution in [0.25, 0.3) is 0 Å². The van der Waals surface area contributed by atoms with Crippen molar-refractivity contribution in [2.24, 2.45) is 4.99 Å². The second-order valence-corrected chi connectivity index (χ2v) is 6.92. The molecular formula is C18H26N4OS. The Morgan fingerprint density at radius 3 is 2.71 bits per heavy atom. The van der Waals surface area contributed by atoms with Crippen molar-refractivity contribution >= 4 is 17.3 Å². The first kappa shape index (κ1) is 18.3. The van der Waals surface area contributed by atoms with Gasteiger partial charge in [0.25, 0.3) is 0 Å². The summed E-state index contributed by atoms with van der Waals surface area (Å²) in [5, 5.41) is 4.55. The highest BCUT2D eigenvalue weighted by Crippen LogP contribution is 2.19. The fraction of sp³-hybridized carbons (Fsp3) is 0.444. The van der Waals surface area contributed by atoms with E-state index >= 15 is 0 Å². The highest BCUT2D eigenvalue weighted by molar-refractivity contribution is 7.11. The standard InChI is InChI=1S/C18H26N4OS/c1-13-17(24-14(2)21-13)10-11-20-18(19-3)22(4)12-15-8-6-7-9-16(15)23-5/h6-9H,10-12H2,1-5H3,(H,19,20). The van der Waals surface area contributed by atoms with Gasteiger partial charge >= 0.3 is 0 Å². The zero-order valence-corrected chi connectivity index (χ0v) is 15.9. The molecule has 2 rings (SSSR count). The maximum Gasteiger partial charge on any atom is 0.193 e. The lowest BCUT2D eigenvalue weighted by Gasteiger charge is -2.23. The molecule has 5 nitrogen and oxygen atoms in total. The Bertz CT molecular complexity index is 696. The molecule has 1 aromatic carbocycles. The summed E-state index contributed by atoms with van der Waals surface area (Å²) in [5.41, 5.74) is 2.27. The van der Waals surface area contributed by atoms with Crippen molar-refractivity contribution in [1.82, 2.24) is 15.2 Å². The number of aromatic nitrogens is 1. The number of benzene rings is 1. The summed E-state index contributed by atoms with van der Waals surface area (Å²) >= 11 is 1.77. The number of para-hydroxylation sites is 1. The molecule has 0 fully saturated rings. The van der Waals surface area contributed by atoms with Gasteiger partial charge in [0, 0.05) is 44.0 Å². The van der Waals surface area contributed by atoms with Crippen LogP contribution in [0, 0.1) is 13.8 Å². The van der Waals surface area contributed by atoms with Gasteiger partial charge in [-0.15, -0.1) is 11.3 Å². The number of nitrogens with one attached hydrogen (secondary N) is 1. The van der Waals surface area contributed by atoms with Crippen molar-refractivity contribution in [2.75, 3.05) is 27.7 Å². The molecule has 1 N–H and O–H groups in total. The number of thiazole rings is 1. The largest absolute Gasteiger partial charge is 0.496 e. The normalized spacial score (nSPS) is 11.5. The summed E-state index contributed by atoms with van der Waals surface area (Å²) in [4.78, 5) is 12.3. The van der Waals surface area contributed by atoms with E-state index in [-0.39, 0.29) is 0 Å². The summed E-state index contributed by atoms with van der Waals surface area (Å²) in [7, 11) is 5.54. The molecule has 0 radical (unpaired) electrons. The number of ether oxygens (including phenoxy) is 1. The maximum absolute atomic E-state index is 5.42. The van der Waals surface area contributed by atoms with Crippen LogP contribution in [0.2, 0.25) is 0 Å². The van der Waals surface area contributed by atoms with Crippen LogP contribution in [0.3, 0.4) is 0 Å². The molecule has 0 saturated carbocycles. The van der Waals surface area contributed by atoms with Gasteiger partial charge < -0.3 is 15.0 Å². The molecule has 24 heavy (non-hydrogen) atoms. The maximum atomic E-state index is 5.42. The van der Waals surface area contributed by atoms with Crippen LogP contribution in [-0.2, 0) is 13.0 Å². The summed E-state index contributed by atoms with van der Waals surface area (Å²) in [6.07, 6.45) is 0.957. The molecule has 2 aromatic rings. The van der Waals surface area contributed by atoms with Crippen LogP contribution in [0.5, 0.6) is 5.75 Å². The van der Waals surface area contributed by atoms with Gasteiger partial charge in [-0.05, 0) is 19.9 Å². The van der Waals surface area contributed by atoms with E-state index in [1.807, 2.05) is 32.3 Å². The first-order valence-electron chi connectivity index (χ1n) is 8.01. The first-order chi connectivity index (χ1) is 11.5. The van der Waals surface area contributed by atoms with E-state index < -0.39 is 0 Å². The molecule has 0 bridgehead atoms. The number of aryl methyl sites for hydroxylation is 2. The lowest BCUT2D eigenvalue weighted by Crippen LogP contribution is -2.39. The minimum Gasteiger partial charge on any atom is -0.496 e. The molecule has 0 unspecified atom stereocenters. The highest BCUT2D eigenvalue weighted by atomic mass is 32.1. The van der Waals surface area contributed by atoms with Gasteiger partial charge in [-0.2, -0.15) is 0 Å². The average molecular weight is 347 g/mol. The number of rotatable bonds is 6. The predicted octanol–water partition coefficient (Wildman–Crippen LogP) is 3.02. The van der Waals surface area contributed by atoms with Crippen molar-refractivity contribution in [1.29, 1.82) is 0 Å². The van der Waals surface area contributed by atoms with E-state index in [1.165, 1.54) is 4.88 Å². The van der Waals surface area contributed by atoms with E-state index in [0.29, 0.717) is 0 Å². The fourth-order valence-electron chi connectivity index (χ4n) is 2.64. The van der Waals surface area contributed by atoms with Gasteiger partial charge in [-0.1, -0.05) is 18.2 Å².